The smallest absolute Gasteiger partial charge is 0.298 e. The number of nitrogens with zero attached hydrogens (tertiary/aromatic N) is 6. The second-order valence-electron chi connectivity index (χ2n) is 6.33. The van der Waals surface area contributed by atoms with Crippen molar-refractivity contribution in [2.75, 3.05) is 31.1 Å². The van der Waals surface area contributed by atoms with E-state index in [1.54, 1.807) is 10.8 Å². The van der Waals surface area contributed by atoms with Crippen molar-refractivity contribution in [1.29, 1.82) is 0 Å². The second-order valence-corrected chi connectivity index (χ2v) is 6.33. The van der Waals surface area contributed by atoms with Gasteiger partial charge in [0.1, 0.15) is 11.8 Å². The Morgan fingerprint density at radius 3 is 2.80 bits per heavy atom. The third kappa shape index (κ3) is 2.72. The van der Waals surface area contributed by atoms with Gasteiger partial charge in [-0.15, -0.1) is 0 Å². The van der Waals surface area contributed by atoms with Gasteiger partial charge in [0.25, 0.3) is 6.01 Å². The van der Waals surface area contributed by atoms with Crippen molar-refractivity contribution in [2.24, 2.45) is 0 Å². The molecule has 0 spiro atoms. The molecule has 126 valence electrons. The van der Waals surface area contributed by atoms with E-state index in [-0.39, 0.29) is 0 Å². The molecule has 4 aromatic rings. The molecule has 0 saturated carbocycles. The first-order valence-corrected chi connectivity index (χ1v) is 8.46. The molecule has 0 radical (unpaired) electrons. The topological polar surface area (TPSA) is 62.7 Å². The molecule has 0 N–H and O–H groups in total. The Bertz CT molecular complexity index is 981. The molecule has 1 aliphatic heterocycles. The van der Waals surface area contributed by atoms with E-state index in [0.717, 1.165) is 55.5 Å². The van der Waals surface area contributed by atoms with Gasteiger partial charge >= 0.3 is 0 Å². The Morgan fingerprint density at radius 1 is 1.04 bits per heavy atom. The first-order chi connectivity index (χ1) is 12.3. The molecule has 1 fully saturated rings. The summed E-state index contributed by atoms with van der Waals surface area (Å²) in [6.07, 6.45) is 3.55. The summed E-state index contributed by atoms with van der Waals surface area (Å²) >= 11 is 0. The fraction of sp³-hybridized carbons (Fsp3) is 0.278. The summed E-state index contributed by atoms with van der Waals surface area (Å²) in [5.74, 6) is 0. The van der Waals surface area contributed by atoms with Crippen molar-refractivity contribution in [2.45, 2.75) is 6.54 Å². The minimum atomic E-state index is 0.728. The zero-order valence-corrected chi connectivity index (χ0v) is 13.7. The van der Waals surface area contributed by atoms with Crippen LogP contribution in [0.2, 0.25) is 0 Å². The van der Waals surface area contributed by atoms with E-state index in [4.69, 9.17) is 4.42 Å². The predicted octanol–water partition coefficient (Wildman–Crippen LogP) is 2.19. The average Bonchev–Trinajstić information content (AvgIpc) is 3.28. The van der Waals surface area contributed by atoms with E-state index in [1.807, 2.05) is 30.5 Å². The summed E-state index contributed by atoms with van der Waals surface area (Å²) < 4.78 is 7.67. The van der Waals surface area contributed by atoms with Gasteiger partial charge in [-0.05, 0) is 29.8 Å². The van der Waals surface area contributed by atoms with Gasteiger partial charge in [-0.2, -0.15) is 10.1 Å². The zero-order valence-electron chi connectivity index (χ0n) is 13.7. The normalized spacial score (nSPS) is 16.1. The van der Waals surface area contributed by atoms with E-state index < -0.39 is 0 Å². The lowest BCUT2D eigenvalue weighted by atomic mass is 10.2. The molecular formula is C18H18N6O. The maximum Gasteiger partial charge on any atom is 0.298 e. The third-order valence-electron chi connectivity index (χ3n) is 4.68. The van der Waals surface area contributed by atoms with Crippen LogP contribution in [-0.2, 0) is 6.54 Å². The Morgan fingerprint density at radius 2 is 1.92 bits per heavy atom. The number of pyridine rings is 1. The molecule has 1 aromatic carbocycles. The number of oxazole rings is 1. The van der Waals surface area contributed by atoms with E-state index in [2.05, 4.69) is 37.0 Å². The Kier molecular flexibility index (Phi) is 3.38. The average molecular weight is 334 g/mol. The number of piperazine rings is 1. The molecule has 0 bridgehead atoms. The van der Waals surface area contributed by atoms with Gasteiger partial charge in [-0.25, -0.2) is 9.50 Å². The molecule has 0 aliphatic carbocycles. The molecule has 1 aliphatic rings. The minimum Gasteiger partial charge on any atom is -0.423 e. The van der Waals surface area contributed by atoms with Crippen LogP contribution >= 0.6 is 0 Å². The quantitative estimate of drug-likeness (QED) is 0.572. The molecule has 5 rings (SSSR count). The van der Waals surface area contributed by atoms with Crippen LogP contribution in [0.15, 0.2) is 53.3 Å². The number of para-hydroxylation sites is 2. The van der Waals surface area contributed by atoms with Crippen LogP contribution in [0.3, 0.4) is 0 Å². The van der Waals surface area contributed by atoms with Crippen molar-refractivity contribution >= 4 is 22.8 Å². The summed E-state index contributed by atoms with van der Waals surface area (Å²) in [5, 5.41) is 4.14. The molecule has 0 amide bonds. The van der Waals surface area contributed by atoms with Gasteiger partial charge in [0.15, 0.2) is 11.2 Å². The van der Waals surface area contributed by atoms with Gasteiger partial charge < -0.3 is 9.32 Å². The molecule has 0 unspecified atom stereocenters. The first kappa shape index (κ1) is 14.4. The molecular weight excluding hydrogens is 316 g/mol. The van der Waals surface area contributed by atoms with Crippen molar-refractivity contribution in [3.63, 3.8) is 0 Å². The maximum atomic E-state index is 5.88. The van der Waals surface area contributed by atoms with Crippen LogP contribution < -0.4 is 4.90 Å². The summed E-state index contributed by atoms with van der Waals surface area (Å²) in [6.45, 7) is 4.72. The Hall–Kier alpha value is -2.93. The van der Waals surface area contributed by atoms with Gasteiger partial charge in [0, 0.05) is 38.9 Å². The predicted molar refractivity (Wildman–Crippen MR) is 94.5 cm³/mol. The van der Waals surface area contributed by atoms with Crippen LogP contribution in [-0.4, -0.2) is 50.7 Å². The molecule has 7 heteroatoms. The Balaban J connectivity index is 1.26. The molecule has 4 heterocycles. The molecule has 3 aromatic heterocycles. The van der Waals surface area contributed by atoms with Crippen molar-refractivity contribution in [3.05, 3.63) is 54.5 Å². The van der Waals surface area contributed by atoms with Gasteiger partial charge in [0.05, 0.1) is 0 Å². The highest BCUT2D eigenvalue weighted by atomic mass is 16.4. The lowest BCUT2D eigenvalue weighted by Gasteiger charge is -2.33. The van der Waals surface area contributed by atoms with Gasteiger partial charge in [-0.1, -0.05) is 12.1 Å². The van der Waals surface area contributed by atoms with Crippen molar-refractivity contribution in [1.82, 2.24) is 24.5 Å². The fourth-order valence-electron chi connectivity index (χ4n) is 3.31. The highest BCUT2D eigenvalue weighted by Crippen LogP contribution is 2.22. The third-order valence-corrected chi connectivity index (χ3v) is 4.68. The monoisotopic (exact) mass is 334 g/mol. The van der Waals surface area contributed by atoms with E-state index in [0.29, 0.717) is 0 Å². The van der Waals surface area contributed by atoms with E-state index in [1.165, 1.54) is 5.56 Å². The van der Waals surface area contributed by atoms with Crippen molar-refractivity contribution in [3.8, 4) is 0 Å². The lowest BCUT2D eigenvalue weighted by molar-refractivity contribution is 0.245. The lowest BCUT2D eigenvalue weighted by Crippen LogP contribution is -2.46. The van der Waals surface area contributed by atoms with E-state index >= 15 is 0 Å². The second kappa shape index (κ2) is 5.86. The summed E-state index contributed by atoms with van der Waals surface area (Å²) in [4.78, 5) is 13.5. The standard InChI is InChI=1S/C18H18N6O/c1-2-4-16-15(3-1)21-18(25-16)23-9-7-22(8-10-23)12-14-5-6-24-17(11-14)19-13-20-24/h1-6,11,13H,7-10,12H2. The van der Waals surface area contributed by atoms with Crippen molar-refractivity contribution < 1.29 is 4.42 Å². The number of benzene rings is 1. The highest BCUT2D eigenvalue weighted by Gasteiger charge is 2.21. The summed E-state index contributed by atoms with van der Waals surface area (Å²) in [5.41, 5.74) is 3.92. The van der Waals surface area contributed by atoms with Crippen LogP contribution in [0, 0.1) is 0 Å². The van der Waals surface area contributed by atoms with Gasteiger partial charge in [-0.3, -0.25) is 4.90 Å². The maximum absolute atomic E-state index is 5.88. The molecule has 1 saturated heterocycles. The number of fused-ring (bicyclic) bond motifs is 2. The summed E-state index contributed by atoms with van der Waals surface area (Å²) in [6, 6.07) is 12.8. The SMILES string of the molecule is c1ccc2oc(N3CCN(Cc4ccn5ncnc5c4)CC3)nc2c1. The highest BCUT2D eigenvalue weighted by molar-refractivity contribution is 5.74. The van der Waals surface area contributed by atoms with Crippen LogP contribution in [0.4, 0.5) is 6.01 Å². The molecule has 7 nitrogen and oxygen atoms in total. The number of aromatic nitrogens is 4. The molecule has 0 atom stereocenters. The number of anilines is 1. The summed E-state index contributed by atoms with van der Waals surface area (Å²) in [7, 11) is 0. The number of hydrogen-bond donors (Lipinski definition) is 0. The van der Waals surface area contributed by atoms with Crippen LogP contribution in [0.1, 0.15) is 5.56 Å². The minimum absolute atomic E-state index is 0.728. The number of rotatable bonds is 3. The first-order valence-electron chi connectivity index (χ1n) is 8.46. The van der Waals surface area contributed by atoms with Crippen LogP contribution in [0.5, 0.6) is 0 Å². The fourth-order valence-corrected chi connectivity index (χ4v) is 3.31. The largest absolute Gasteiger partial charge is 0.423 e. The van der Waals surface area contributed by atoms with E-state index in [9.17, 15) is 0 Å². The zero-order chi connectivity index (χ0) is 16.6. The molecule has 25 heavy (non-hydrogen) atoms. The van der Waals surface area contributed by atoms with Crippen LogP contribution in [0.25, 0.3) is 16.7 Å². The number of hydrogen-bond acceptors (Lipinski definition) is 6. The Labute approximate surface area is 144 Å². The van der Waals surface area contributed by atoms with Gasteiger partial charge in [0.2, 0.25) is 0 Å².